The maximum Gasteiger partial charge on any atom is 0.124 e. The van der Waals surface area contributed by atoms with Crippen LogP contribution in [0.15, 0.2) is 24.4 Å². The van der Waals surface area contributed by atoms with E-state index >= 15 is 0 Å². The Labute approximate surface area is 129 Å². The summed E-state index contributed by atoms with van der Waals surface area (Å²) in [4.78, 5) is 0. The number of nitrogens with zero attached hydrogens (tertiary/aromatic N) is 3. The molecule has 0 saturated heterocycles. The lowest BCUT2D eigenvalue weighted by molar-refractivity contribution is 0.407. The number of benzene rings is 1. The largest absolute Gasteiger partial charge is 0.496 e. The minimum absolute atomic E-state index is 0.597. The zero-order valence-corrected chi connectivity index (χ0v) is 12.8. The Morgan fingerprint density at radius 2 is 2.29 bits per heavy atom. The van der Waals surface area contributed by atoms with Crippen molar-refractivity contribution < 1.29 is 4.74 Å². The van der Waals surface area contributed by atoms with Crippen LogP contribution in [0.3, 0.4) is 0 Å². The van der Waals surface area contributed by atoms with Gasteiger partial charge in [-0.15, -0.1) is 5.10 Å². The molecule has 0 radical (unpaired) electrons. The average Bonchev–Trinajstić information content (AvgIpc) is 3.19. The van der Waals surface area contributed by atoms with Crippen molar-refractivity contribution in [3.05, 3.63) is 40.7 Å². The zero-order chi connectivity index (χ0) is 14.7. The van der Waals surface area contributed by atoms with Crippen molar-refractivity contribution in [2.24, 2.45) is 5.92 Å². The van der Waals surface area contributed by atoms with Crippen LogP contribution < -0.4 is 10.1 Å². The molecule has 1 aliphatic carbocycles. The van der Waals surface area contributed by atoms with Gasteiger partial charge in [0.25, 0.3) is 0 Å². The lowest BCUT2D eigenvalue weighted by atomic mass is 10.2. The molecule has 1 heterocycles. The first kappa shape index (κ1) is 14.4. The minimum atomic E-state index is 0.597. The van der Waals surface area contributed by atoms with Gasteiger partial charge < -0.3 is 10.1 Å². The van der Waals surface area contributed by atoms with E-state index < -0.39 is 0 Å². The van der Waals surface area contributed by atoms with Gasteiger partial charge >= 0.3 is 0 Å². The predicted octanol–water partition coefficient (Wildman–Crippen LogP) is 2.49. The van der Waals surface area contributed by atoms with Crippen molar-refractivity contribution >= 4 is 11.6 Å². The maximum absolute atomic E-state index is 6.04. The topological polar surface area (TPSA) is 52.0 Å². The molecule has 1 aromatic heterocycles. The third kappa shape index (κ3) is 3.95. The lowest BCUT2D eigenvalue weighted by Crippen LogP contribution is -2.16. The van der Waals surface area contributed by atoms with E-state index in [4.69, 9.17) is 16.3 Å². The van der Waals surface area contributed by atoms with Crippen LogP contribution in [0.2, 0.25) is 5.02 Å². The fraction of sp³-hybridized carbons (Fsp3) is 0.467. The summed E-state index contributed by atoms with van der Waals surface area (Å²) in [6.45, 7) is 2.44. The Balaban J connectivity index is 1.61. The van der Waals surface area contributed by atoms with Crippen LogP contribution in [0.1, 0.15) is 24.1 Å². The third-order valence-corrected chi connectivity index (χ3v) is 3.83. The highest BCUT2D eigenvalue weighted by molar-refractivity contribution is 6.30. The van der Waals surface area contributed by atoms with E-state index in [1.807, 2.05) is 29.1 Å². The molecular weight excluding hydrogens is 288 g/mol. The van der Waals surface area contributed by atoms with Gasteiger partial charge in [-0.3, -0.25) is 0 Å². The molecule has 112 valence electrons. The third-order valence-electron chi connectivity index (χ3n) is 3.60. The normalized spacial score (nSPS) is 14.4. The van der Waals surface area contributed by atoms with Crippen molar-refractivity contribution in [3.63, 3.8) is 0 Å². The summed E-state index contributed by atoms with van der Waals surface area (Å²) in [6, 6.07) is 5.58. The molecule has 21 heavy (non-hydrogen) atoms. The number of rotatable bonds is 7. The van der Waals surface area contributed by atoms with Crippen LogP contribution in [-0.4, -0.2) is 28.6 Å². The maximum atomic E-state index is 6.04. The molecule has 0 amide bonds. The SMILES string of the molecule is COc1ccc(Cl)cc1Cn1cc(CNCC2CC2)nn1. The Morgan fingerprint density at radius 3 is 3.05 bits per heavy atom. The summed E-state index contributed by atoms with van der Waals surface area (Å²) in [5, 5.41) is 12.4. The van der Waals surface area contributed by atoms with Crippen LogP contribution in [0.5, 0.6) is 5.75 Å². The van der Waals surface area contributed by atoms with Gasteiger partial charge in [-0.05, 0) is 43.5 Å². The molecule has 0 bridgehead atoms. The van der Waals surface area contributed by atoms with E-state index in [-0.39, 0.29) is 0 Å². The van der Waals surface area contributed by atoms with Crippen molar-refractivity contribution in [1.82, 2.24) is 20.3 Å². The van der Waals surface area contributed by atoms with E-state index in [9.17, 15) is 0 Å². The number of hydrogen-bond donors (Lipinski definition) is 1. The highest BCUT2D eigenvalue weighted by Crippen LogP contribution is 2.27. The number of nitrogens with one attached hydrogen (secondary N) is 1. The van der Waals surface area contributed by atoms with E-state index in [2.05, 4.69) is 15.6 Å². The van der Waals surface area contributed by atoms with Crippen LogP contribution in [0.25, 0.3) is 0 Å². The molecule has 1 fully saturated rings. The predicted molar refractivity (Wildman–Crippen MR) is 81.6 cm³/mol. The summed E-state index contributed by atoms with van der Waals surface area (Å²) < 4.78 is 7.15. The zero-order valence-electron chi connectivity index (χ0n) is 12.1. The molecular formula is C15H19ClN4O. The number of methoxy groups -OCH3 is 1. The van der Waals surface area contributed by atoms with Crippen molar-refractivity contribution in [3.8, 4) is 5.75 Å². The van der Waals surface area contributed by atoms with Crippen LogP contribution in [-0.2, 0) is 13.1 Å². The van der Waals surface area contributed by atoms with Gasteiger partial charge in [0.2, 0.25) is 0 Å². The van der Waals surface area contributed by atoms with E-state index in [0.29, 0.717) is 11.6 Å². The number of hydrogen-bond acceptors (Lipinski definition) is 4. The first-order chi connectivity index (χ1) is 10.2. The van der Waals surface area contributed by atoms with Crippen molar-refractivity contribution in [2.45, 2.75) is 25.9 Å². The van der Waals surface area contributed by atoms with Gasteiger partial charge in [-0.2, -0.15) is 0 Å². The van der Waals surface area contributed by atoms with Crippen LogP contribution in [0.4, 0.5) is 0 Å². The molecule has 5 nitrogen and oxygen atoms in total. The first-order valence-electron chi connectivity index (χ1n) is 7.17. The first-order valence-corrected chi connectivity index (χ1v) is 7.54. The highest BCUT2D eigenvalue weighted by Gasteiger charge is 2.20. The second kappa shape index (κ2) is 6.45. The minimum Gasteiger partial charge on any atom is -0.496 e. The standard InChI is InChI=1S/C15H19ClN4O/c1-21-15-5-4-13(16)6-12(15)9-20-10-14(18-19-20)8-17-7-11-2-3-11/h4-6,10-11,17H,2-3,7-9H2,1H3. The monoisotopic (exact) mass is 306 g/mol. The molecule has 0 spiro atoms. The Morgan fingerprint density at radius 1 is 1.43 bits per heavy atom. The summed E-state index contributed by atoms with van der Waals surface area (Å²) in [7, 11) is 1.65. The summed E-state index contributed by atoms with van der Waals surface area (Å²) >= 11 is 6.04. The number of ether oxygens (including phenoxy) is 1. The molecule has 0 atom stereocenters. The van der Waals surface area contributed by atoms with E-state index in [0.717, 1.165) is 36.0 Å². The number of halogens is 1. The molecule has 2 aromatic rings. The smallest absolute Gasteiger partial charge is 0.124 e. The molecule has 1 aliphatic rings. The fourth-order valence-electron chi connectivity index (χ4n) is 2.27. The van der Waals surface area contributed by atoms with Gasteiger partial charge in [0, 0.05) is 17.1 Å². The Kier molecular flexibility index (Phi) is 4.41. The summed E-state index contributed by atoms with van der Waals surface area (Å²) in [5.74, 6) is 1.68. The van der Waals surface area contributed by atoms with Gasteiger partial charge in [0.15, 0.2) is 0 Å². The molecule has 1 saturated carbocycles. The fourth-order valence-corrected chi connectivity index (χ4v) is 2.46. The van der Waals surface area contributed by atoms with Crippen molar-refractivity contribution in [2.75, 3.05) is 13.7 Å². The average molecular weight is 307 g/mol. The summed E-state index contributed by atoms with van der Waals surface area (Å²) in [6.07, 6.45) is 4.67. The van der Waals surface area contributed by atoms with E-state index in [1.165, 1.54) is 12.8 Å². The van der Waals surface area contributed by atoms with Crippen molar-refractivity contribution in [1.29, 1.82) is 0 Å². The molecule has 0 unspecified atom stereocenters. The van der Waals surface area contributed by atoms with Crippen LogP contribution in [0, 0.1) is 5.92 Å². The molecule has 1 N–H and O–H groups in total. The molecule has 6 heteroatoms. The highest BCUT2D eigenvalue weighted by atomic mass is 35.5. The van der Waals surface area contributed by atoms with Gasteiger partial charge in [-0.1, -0.05) is 16.8 Å². The van der Waals surface area contributed by atoms with Gasteiger partial charge in [-0.25, -0.2) is 4.68 Å². The molecule has 0 aliphatic heterocycles. The van der Waals surface area contributed by atoms with Crippen LogP contribution >= 0.6 is 11.6 Å². The number of aromatic nitrogens is 3. The quantitative estimate of drug-likeness (QED) is 0.854. The molecule has 1 aromatic carbocycles. The summed E-state index contributed by atoms with van der Waals surface area (Å²) in [5.41, 5.74) is 1.95. The second-order valence-electron chi connectivity index (χ2n) is 5.44. The van der Waals surface area contributed by atoms with Gasteiger partial charge in [0.05, 0.1) is 25.5 Å². The lowest BCUT2D eigenvalue weighted by Gasteiger charge is -2.08. The Hall–Kier alpha value is -1.59. The van der Waals surface area contributed by atoms with Gasteiger partial charge in [0.1, 0.15) is 5.75 Å². The van der Waals surface area contributed by atoms with E-state index in [1.54, 1.807) is 7.11 Å². The molecule has 3 rings (SSSR count). The Bertz CT molecular complexity index is 609. The second-order valence-corrected chi connectivity index (χ2v) is 5.87.